The van der Waals surface area contributed by atoms with Gasteiger partial charge in [0.25, 0.3) is 0 Å². The number of benzene rings is 1. The number of hydrogen-bond acceptors (Lipinski definition) is 3. The first kappa shape index (κ1) is 11.6. The summed E-state index contributed by atoms with van der Waals surface area (Å²) in [7, 11) is 1.67. The quantitative estimate of drug-likeness (QED) is 0.780. The molecule has 2 heterocycles. The standard InChI is InChI=1S/C15H15N3O/c1-19-12-6-4-11(5-7-12)9-15-17-10-14-13(16)3-2-8-18(14)15/h2-8,10H,9,16H2,1H3. The molecule has 0 unspecified atom stereocenters. The Hall–Kier alpha value is -2.49. The molecule has 0 fully saturated rings. The zero-order valence-corrected chi connectivity index (χ0v) is 10.7. The fourth-order valence-corrected chi connectivity index (χ4v) is 2.15. The smallest absolute Gasteiger partial charge is 0.118 e. The van der Waals surface area contributed by atoms with Crippen LogP contribution in [0, 0.1) is 0 Å². The van der Waals surface area contributed by atoms with Crippen molar-refractivity contribution < 1.29 is 4.74 Å². The Morgan fingerprint density at radius 1 is 1.21 bits per heavy atom. The summed E-state index contributed by atoms with van der Waals surface area (Å²) in [5.41, 5.74) is 8.81. The lowest BCUT2D eigenvalue weighted by molar-refractivity contribution is 0.414. The van der Waals surface area contributed by atoms with E-state index in [4.69, 9.17) is 10.5 Å². The van der Waals surface area contributed by atoms with E-state index in [1.165, 1.54) is 5.56 Å². The first-order valence-electron chi connectivity index (χ1n) is 6.11. The van der Waals surface area contributed by atoms with Crippen molar-refractivity contribution in [3.63, 3.8) is 0 Å². The molecule has 0 aliphatic rings. The van der Waals surface area contributed by atoms with Crippen molar-refractivity contribution in [1.82, 2.24) is 9.38 Å². The molecule has 2 aromatic heterocycles. The summed E-state index contributed by atoms with van der Waals surface area (Å²) >= 11 is 0. The summed E-state index contributed by atoms with van der Waals surface area (Å²) in [6, 6.07) is 11.8. The number of aromatic nitrogens is 2. The summed E-state index contributed by atoms with van der Waals surface area (Å²) in [5, 5.41) is 0. The van der Waals surface area contributed by atoms with E-state index in [1.807, 2.05) is 53.2 Å². The van der Waals surface area contributed by atoms with Gasteiger partial charge < -0.3 is 14.9 Å². The van der Waals surface area contributed by atoms with Crippen LogP contribution in [-0.4, -0.2) is 16.5 Å². The number of fused-ring (bicyclic) bond motifs is 1. The monoisotopic (exact) mass is 253 g/mol. The van der Waals surface area contributed by atoms with E-state index < -0.39 is 0 Å². The van der Waals surface area contributed by atoms with Gasteiger partial charge >= 0.3 is 0 Å². The third kappa shape index (κ3) is 2.12. The molecule has 4 nitrogen and oxygen atoms in total. The maximum absolute atomic E-state index is 5.92. The van der Waals surface area contributed by atoms with Crippen molar-refractivity contribution in [2.75, 3.05) is 12.8 Å². The van der Waals surface area contributed by atoms with Gasteiger partial charge in [0.2, 0.25) is 0 Å². The van der Waals surface area contributed by atoms with Gasteiger partial charge in [-0.05, 0) is 29.8 Å². The second-order valence-electron chi connectivity index (χ2n) is 4.42. The molecule has 0 spiro atoms. The topological polar surface area (TPSA) is 52.5 Å². The fourth-order valence-electron chi connectivity index (χ4n) is 2.15. The predicted molar refractivity (Wildman–Crippen MR) is 75.4 cm³/mol. The van der Waals surface area contributed by atoms with Crippen molar-refractivity contribution >= 4 is 11.2 Å². The number of rotatable bonds is 3. The Balaban J connectivity index is 1.94. The highest BCUT2D eigenvalue weighted by atomic mass is 16.5. The molecule has 19 heavy (non-hydrogen) atoms. The van der Waals surface area contributed by atoms with Gasteiger partial charge in [-0.15, -0.1) is 0 Å². The molecule has 3 rings (SSSR count). The first-order valence-corrected chi connectivity index (χ1v) is 6.11. The van der Waals surface area contributed by atoms with E-state index >= 15 is 0 Å². The molecular weight excluding hydrogens is 238 g/mol. The normalized spacial score (nSPS) is 10.8. The van der Waals surface area contributed by atoms with Gasteiger partial charge in [-0.25, -0.2) is 4.98 Å². The number of hydrogen-bond donors (Lipinski definition) is 1. The molecule has 0 amide bonds. The molecule has 0 aliphatic carbocycles. The third-order valence-corrected chi connectivity index (χ3v) is 3.20. The van der Waals surface area contributed by atoms with Gasteiger partial charge in [0.1, 0.15) is 11.6 Å². The zero-order valence-electron chi connectivity index (χ0n) is 10.7. The number of nitrogens with two attached hydrogens (primary N) is 1. The van der Waals surface area contributed by atoms with Crippen LogP contribution >= 0.6 is 0 Å². The van der Waals surface area contributed by atoms with Crippen LogP contribution in [0.1, 0.15) is 11.4 Å². The molecule has 4 heteroatoms. The van der Waals surface area contributed by atoms with Crippen molar-refractivity contribution in [1.29, 1.82) is 0 Å². The maximum atomic E-state index is 5.92. The van der Waals surface area contributed by atoms with Crippen molar-refractivity contribution in [3.8, 4) is 5.75 Å². The number of methoxy groups -OCH3 is 1. The number of pyridine rings is 1. The number of nitrogen functional groups attached to an aromatic ring is 1. The molecule has 3 aromatic rings. The van der Waals surface area contributed by atoms with Crippen molar-refractivity contribution in [3.05, 3.63) is 60.2 Å². The van der Waals surface area contributed by atoms with Crippen LogP contribution < -0.4 is 10.5 Å². The SMILES string of the molecule is COc1ccc(Cc2ncc3c(N)cccn23)cc1. The van der Waals surface area contributed by atoms with Gasteiger partial charge in [-0.2, -0.15) is 0 Å². The number of nitrogens with zero attached hydrogens (tertiary/aromatic N) is 2. The molecule has 0 aliphatic heterocycles. The molecule has 0 radical (unpaired) electrons. The Kier molecular flexibility index (Phi) is 2.83. The second-order valence-corrected chi connectivity index (χ2v) is 4.42. The van der Waals surface area contributed by atoms with Crippen LogP contribution in [-0.2, 0) is 6.42 Å². The maximum Gasteiger partial charge on any atom is 0.118 e. The predicted octanol–water partition coefficient (Wildman–Crippen LogP) is 2.52. The van der Waals surface area contributed by atoms with E-state index in [9.17, 15) is 0 Å². The summed E-state index contributed by atoms with van der Waals surface area (Å²) in [6.07, 6.45) is 4.56. The van der Waals surface area contributed by atoms with Crippen LogP contribution in [0.3, 0.4) is 0 Å². The summed E-state index contributed by atoms with van der Waals surface area (Å²) in [4.78, 5) is 4.45. The van der Waals surface area contributed by atoms with Gasteiger partial charge in [0.15, 0.2) is 0 Å². The Morgan fingerprint density at radius 3 is 2.74 bits per heavy atom. The molecule has 2 N–H and O–H groups in total. The van der Waals surface area contributed by atoms with E-state index in [-0.39, 0.29) is 0 Å². The third-order valence-electron chi connectivity index (χ3n) is 3.20. The first-order chi connectivity index (χ1) is 9.28. The molecule has 0 bridgehead atoms. The minimum Gasteiger partial charge on any atom is -0.497 e. The van der Waals surface area contributed by atoms with Crippen LogP contribution in [0.25, 0.3) is 5.52 Å². The Bertz CT molecular complexity index is 701. The lowest BCUT2D eigenvalue weighted by Gasteiger charge is -2.04. The average Bonchev–Trinajstić information content (AvgIpc) is 2.84. The molecule has 96 valence electrons. The summed E-state index contributed by atoms with van der Waals surface area (Å²) in [6.45, 7) is 0. The summed E-state index contributed by atoms with van der Waals surface area (Å²) in [5.74, 6) is 1.84. The molecule has 0 saturated heterocycles. The van der Waals surface area contributed by atoms with Gasteiger partial charge in [-0.3, -0.25) is 0 Å². The van der Waals surface area contributed by atoms with Crippen molar-refractivity contribution in [2.45, 2.75) is 6.42 Å². The highest BCUT2D eigenvalue weighted by Gasteiger charge is 2.06. The molecule has 0 saturated carbocycles. The fraction of sp³-hybridized carbons (Fsp3) is 0.133. The highest BCUT2D eigenvalue weighted by molar-refractivity contribution is 5.68. The number of anilines is 1. The van der Waals surface area contributed by atoms with E-state index in [1.54, 1.807) is 7.11 Å². The Labute approximate surface area is 111 Å². The van der Waals surface area contributed by atoms with Crippen LogP contribution in [0.15, 0.2) is 48.8 Å². The van der Waals surface area contributed by atoms with Crippen LogP contribution in [0.5, 0.6) is 5.75 Å². The van der Waals surface area contributed by atoms with E-state index in [2.05, 4.69) is 4.98 Å². The lowest BCUT2D eigenvalue weighted by Crippen LogP contribution is -1.97. The van der Waals surface area contributed by atoms with Crippen molar-refractivity contribution in [2.24, 2.45) is 0 Å². The Morgan fingerprint density at radius 2 is 2.00 bits per heavy atom. The van der Waals surface area contributed by atoms with E-state index in [0.29, 0.717) is 0 Å². The van der Waals surface area contributed by atoms with Gasteiger partial charge in [0, 0.05) is 12.6 Å². The van der Waals surface area contributed by atoms with Gasteiger partial charge in [-0.1, -0.05) is 12.1 Å². The molecule has 0 atom stereocenters. The van der Waals surface area contributed by atoms with Crippen LogP contribution in [0.2, 0.25) is 0 Å². The average molecular weight is 253 g/mol. The minimum atomic E-state index is 0.746. The number of imidazole rings is 1. The van der Waals surface area contributed by atoms with Crippen LogP contribution in [0.4, 0.5) is 5.69 Å². The highest BCUT2D eigenvalue weighted by Crippen LogP contribution is 2.18. The molecule has 1 aromatic carbocycles. The second kappa shape index (κ2) is 4.65. The zero-order chi connectivity index (χ0) is 13.2. The minimum absolute atomic E-state index is 0.746. The van der Waals surface area contributed by atoms with Gasteiger partial charge in [0.05, 0.1) is 24.5 Å². The largest absolute Gasteiger partial charge is 0.497 e. The molecular formula is C15H15N3O. The summed E-state index contributed by atoms with van der Waals surface area (Å²) < 4.78 is 7.18. The lowest BCUT2D eigenvalue weighted by atomic mass is 10.1. The number of ether oxygens (including phenoxy) is 1. The van der Waals surface area contributed by atoms with E-state index in [0.717, 1.165) is 29.2 Å².